The van der Waals surface area contributed by atoms with E-state index in [9.17, 15) is 22.8 Å². The van der Waals surface area contributed by atoms with Gasteiger partial charge in [0.1, 0.15) is 12.2 Å². The number of carbonyl (C=O) groups excluding carboxylic acids is 2. The zero-order chi connectivity index (χ0) is 14.9. The van der Waals surface area contributed by atoms with Crippen LogP contribution in [0.25, 0.3) is 0 Å². The van der Waals surface area contributed by atoms with Crippen molar-refractivity contribution < 1.29 is 22.8 Å². The summed E-state index contributed by atoms with van der Waals surface area (Å²) < 4.78 is 37.7. The van der Waals surface area contributed by atoms with Crippen LogP contribution in [-0.4, -0.2) is 41.3 Å². The molecule has 0 bridgehead atoms. The van der Waals surface area contributed by atoms with Crippen LogP contribution < -0.4 is 4.90 Å². The third kappa shape index (κ3) is 2.89. The first kappa shape index (κ1) is 14.3. The fourth-order valence-corrected chi connectivity index (χ4v) is 1.96. The number of hydrogen-bond acceptors (Lipinski definition) is 3. The normalized spacial score (nSPS) is 16.5. The molecule has 1 aliphatic heterocycles. The number of alkyl halides is 3. The number of nitrogens with zero attached hydrogens (tertiary/aromatic N) is 3. The van der Waals surface area contributed by atoms with Crippen molar-refractivity contribution in [3.63, 3.8) is 0 Å². The highest BCUT2D eigenvalue weighted by Crippen LogP contribution is 2.30. The molecule has 0 N–H and O–H groups in total. The number of carbonyl (C=O) groups is 2. The van der Waals surface area contributed by atoms with Crippen molar-refractivity contribution in [3.05, 3.63) is 24.0 Å². The molecule has 20 heavy (non-hydrogen) atoms. The van der Waals surface area contributed by atoms with E-state index in [1.54, 1.807) is 0 Å². The number of halogens is 3. The molecule has 2 rings (SSSR count). The third-order valence-corrected chi connectivity index (χ3v) is 3.01. The van der Waals surface area contributed by atoms with Gasteiger partial charge in [0, 0.05) is 31.9 Å². The average molecular weight is 287 g/mol. The quantitative estimate of drug-likeness (QED) is 0.782. The lowest BCUT2D eigenvalue weighted by Crippen LogP contribution is -2.51. The molecule has 1 aromatic rings. The standard InChI is InChI=1S/C12H12F3N3O2/c1-8(19)17-4-5-18(11(20)7-17)9-2-3-16-10(6-9)12(13,14)15/h2-3,6H,4-5,7H2,1H3. The van der Waals surface area contributed by atoms with Gasteiger partial charge in [0.2, 0.25) is 11.8 Å². The summed E-state index contributed by atoms with van der Waals surface area (Å²) in [6.45, 7) is 1.68. The van der Waals surface area contributed by atoms with Gasteiger partial charge in [0.25, 0.3) is 0 Å². The first-order chi connectivity index (χ1) is 9.29. The van der Waals surface area contributed by atoms with E-state index >= 15 is 0 Å². The van der Waals surface area contributed by atoms with E-state index < -0.39 is 17.8 Å². The van der Waals surface area contributed by atoms with E-state index in [1.807, 2.05) is 0 Å². The minimum Gasteiger partial charge on any atom is -0.332 e. The van der Waals surface area contributed by atoms with Crippen molar-refractivity contribution in [2.75, 3.05) is 24.5 Å². The second-order valence-electron chi connectivity index (χ2n) is 4.38. The van der Waals surface area contributed by atoms with E-state index in [2.05, 4.69) is 4.98 Å². The third-order valence-electron chi connectivity index (χ3n) is 3.01. The Morgan fingerprint density at radius 1 is 1.35 bits per heavy atom. The van der Waals surface area contributed by atoms with Gasteiger partial charge >= 0.3 is 6.18 Å². The molecule has 2 amide bonds. The molecule has 0 aliphatic carbocycles. The van der Waals surface area contributed by atoms with E-state index in [0.717, 1.165) is 12.3 Å². The van der Waals surface area contributed by atoms with Crippen molar-refractivity contribution in [2.45, 2.75) is 13.1 Å². The lowest BCUT2D eigenvalue weighted by atomic mass is 10.2. The maximum atomic E-state index is 12.6. The summed E-state index contributed by atoms with van der Waals surface area (Å²) in [6.07, 6.45) is -3.54. The van der Waals surface area contributed by atoms with Gasteiger partial charge in [0.15, 0.2) is 0 Å². The van der Waals surface area contributed by atoms with Crippen molar-refractivity contribution in [3.8, 4) is 0 Å². The van der Waals surface area contributed by atoms with Gasteiger partial charge in [-0.3, -0.25) is 14.6 Å². The number of aromatic nitrogens is 1. The molecular formula is C12H12F3N3O2. The van der Waals surface area contributed by atoms with Crippen LogP contribution in [0.4, 0.5) is 18.9 Å². The van der Waals surface area contributed by atoms with Gasteiger partial charge in [0.05, 0.1) is 0 Å². The molecule has 1 aromatic heterocycles. The van der Waals surface area contributed by atoms with Crippen LogP contribution in [-0.2, 0) is 15.8 Å². The Morgan fingerprint density at radius 3 is 2.60 bits per heavy atom. The molecule has 0 saturated carbocycles. The Balaban J connectivity index is 2.21. The molecular weight excluding hydrogens is 275 g/mol. The Kier molecular flexibility index (Phi) is 3.65. The largest absolute Gasteiger partial charge is 0.433 e. The van der Waals surface area contributed by atoms with Crippen LogP contribution in [0.1, 0.15) is 12.6 Å². The summed E-state index contributed by atoms with van der Waals surface area (Å²) in [6, 6.07) is 2.18. The fourth-order valence-electron chi connectivity index (χ4n) is 1.96. The zero-order valence-corrected chi connectivity index (χ0v) is 10.6. The molecule has 0 radical (unpaired) electrons. The summed E-state index contributed by atoms with van der Waals surface area (Å²) >= 11 is 0. The Labute approximate surface area is 113 Å². The highest BCUT2D eigenvalue weighted by atomic mass is 19.4. The number of anilines is 1. The summed E-state index contributed by atoms with van der Waals surface area (Å²) in [4.78, 5) is 28.9. The van der Waals surface area contributed by atoms with E-state index in [0.29, 0.717) is 6.54 Å². The zero-order valence-electron chi connectivity index (χ0n) is 10.6. The van der Waals surface area contributed by atoms with Gasteiger partial charge in [-0.1, -0.05) is 0 Å². The second-order valence-corrected chi connectivity index (χ2v) is 4.38. The molecule has 1 saturated heterocycles. The molecule has 1 fully saturated rings. The maximum absolute atomic E-state index is 12.6. The van der Waals surface area contributed by atoms with Crippen molar-refractivity contribution in [2.24, 2.45) is 0 Å². The van der Waals surface area contributed by atoms with Gasteiger partial charge in [-0.25, -0.2) is 0 Å². The highest BCUT2D eigenvalue weighted by Gasteiger charge is 2.34. The van der Waals surface area contributed by atoms with E-state index in [1.165, 1.54) is 22.8 Å². The monoisotopic (exact) mass is 287 g/mol. The Hall–Kier alpha value is -2.12. The molecule has 0 spiro atoms. The minimum absolute atomic E-state index is 0.126. The number of pyridine rings is 1. The molecule has 0 unspecified atom stereocenters. The van der Waals surface area contributed by atoms with Gasteiger partial charge in [-0.15, -0.1) is 0 Å². The van der Waals surface area contributed by atoms with Gasteiger partial charge in [-0.05, 0) is 12.1 Å². The van der Waals surface area contributed by atoms with Crippen molar-refractivity contribution in [1.29, 1.82) is 0 Å². The number of piperazine rings is 1. The van der Waals surface area contributed by atoms with Crippen molar-refractivity contribution in [1.82, 2.24) is 9.88 Å². The minimum atomic E-state index is -4.56. The van der Waals surface area contributed by atoms with Crippen molar-refractivity contribution >= 4 is 17.5 Å². The number of rotatable bonds is 1. The summed E-state index contributed by atoms with van der Waals surface area (Å²) in [5, 5.41) is 0. The smallest absolute Gasteiger partial charge is 0.332 e. The molecule has 8 heteroatoms. The van der Waals surface area contributed by atoms with Crippen LogP contribution in [0.15, 0.2) is 18.3 Å². The molecule has 1 aliphatic rings. The molecule has 2 heterocycles. The predicted octanol–water partition coefficient (Wildman–Crippen LogP) is 1.30. The van der Waals surface area contributed by atoms with Crippen LogP contribution in [0.2, 0.25) is 0 Å². The van der Waals surface area contributed by atoms with Crippen LogP contribution >= 0.6 is 0 Å². The Morgan fingerprint density at radius 2 is 2.05 bits per heavy atom. The lowest BCUT2D eigenvalue weighted by molar-refractivity contribution is -0.141. The van der Waals surface area contributed by atoms with E-state index in [4.69, 9.17) is 0 Å². The lowest BCUT2D eigenvalue weighted by Gasteiger charge is -2.33. The topological polar surface area (TPSA) is 53.5 Å². The number of hydrogen-bond donors (Lipinski definition) is 0. The predicted molar refractivity (Wildman–Crippen MR) is 63.8 cm³/mol. The van der Waals surface area contributed by atoms with Gasteiger partial charge < -0.3 is 9.80 Å². The summed E-state index contributed by atoms with van der Waals surface area (Å²) in [5.41, 5.74) is -0.905. The van der Waals surface area contributed by atoms with E-state index in [-0.39, 0.29) is 24.7 Å². The fraction of sp³-hybridized carbons (Fsp3) is 0.417. The first-order valence-corrected chi connectivity index (χ1v) is 5.88. The van der Waals surface area contributed by atoms with Gasteiger partial charge in [-0.2, -0.15) is 13.2 Å². The second kappa shape index (κ2) is 5.10. The van der Waals surface area contributed by atoms with Crippen LogP contribution in [0.3, 0.4) is 0 Å². The molecule has 0 atom stereocenters. The average Bonchev–Trinajstić information content (AvgIpc) is 2.37. The van der Waals surface area contributed by atoms with Crippen LogP contribution in [0, 0.1) is 0 Å². The first-order valence-electron chi connectivity index (χ1n) is 5.88. The number of amides is 2. The maximum Gasteiger partial charge on any atom is 0.433 e. The SMILES string of the molecule is CC(=O)N1CCN(c2ccnc(C(F)(F)F)c2)C(=O)C1. The summed E-state index contributed by atoms with van der Waals surface area (Å²) in [7, 11) is 0. The molecule has 5 nitrogen and oxygen atoms in total. The molecule has 0 aromatic carbocycles. The molecule has 108 valence electrons. The summed E-state index contributed by atoms with van der Waals surface area (Å²) in [5.74, 6) is -0.644. The van der Waals surface area contributed by atoms with Crippen LogP contribution in [0.5, 0.6) is 0 Å². The highest BCUT2D eigenvalue weighted by molar-refractivity contribution is 5.97. The Bertz CT molecular complexity index is 545.